The standard InChI is InChI=1S/C21H13ClN4S/c22-18-8-6-14(7-9-18)19-13-27-21(25-19)16(11-23)10-17-12-24-26-20(17)15-4-2-1-3-5-15/h1-10,12-13H,(H,24,26)/b16-10+. The summed E-state index contributed by atoms with van der Waals surface area (Å²) in [6.07, 6.45) is 3.53. The van der Waals surface area contributed by atoms with Crippen LogP contribution in [-0.2, 0) is 0 Å². The first-order valence-corrected chi connectivity index (χ1v) is 9.43. The number of rotatable bonds is 4. The predicted octanol–water partition coefficient (Wildman–Crippen LogP) is 5.92. The Morgan fingerprint density at radius 3 is 2.59 bits per heavy atom. The van der Waals surface area contributed by atoms with Crippen LogP contribution < -0.4 is 0 Å². The summed E-state index contributed by atoms with van der Waals surface area (Å²) >= 11 is 7.38. The Bertz CT molecular complexity index is 1130. The average molecular weight is 389 g/mol. The van der Waals surface area contributed by atoms with Crippen LogP contribution in [0.2, 0.25) is 5.02 Å². The number of thiazole rings is 1. The third kappa shape index (κ3) is 3.68. The first kappa shape index (κ1) is 17.2. The molecular weight excluding hydrogens is 376 g/mol. The molecule has 0 saturated carbocycles. The van der Waals surface area contributed by atoms with Crippen molar-refractivity contribution in [2.75, 3.05) is 0 Å². The maximum atomic E-state index is 9.66. The summed E-state index contributed by atoms with van der Waals surface area (Å²) < 4.78 is 0. The lowest BCUT2D eigenvalue weighted by Crippen LogP contribution is -1.84. The number of allylic oxidation sites excluding steroid dienone is 1. The Morgan fingerprint density at radius 1 is 1.07 bits per heavy atom. The van der Waals surface area contributed by atoms with E-state index in [1.165, 1.54) is 11.3 Å². The van der Waals surface area contributed by atoms with Crippen LogP contribution in [0.25, 0.3) is 34.2 Å². The maximum Gasteiger partial charge on any atom is 0.134 e. The molecule has 0 aliphatic carbocycles. The molecular formula is C21H13ClN4S. The zero-order chi connectivity index (χ0) is 18.6. The minimum absolute atomic E-state index is 0.499. The molecule has 0 fully saturated rings. The summed E-state index contributed by atoms with van der Waals surface area (Å²) in [6.45, 7) is 0. The quantitative estimate of drug-likeness (QED) is 0.441. The van der Waals surface area contributed by atoms with Gasteiger partial charge in [-0.2, -0.15) is 10.4 Å². The van der Waals surface area contributed by atoms with Gasteiger partial charge in [-0.25, -0.2) is 4.98 Å². The van der Waals surface area contributed by atoms with Gasteiger partial charge in [0.15, 0.2) is 0 Å². The lowest BCUT2D eigenvalue weighted by Gasteiger charge is -2.00. The van der Waals surface area contributed by atoms with E-state index in [-0.39, 0.29) is 0 Å². The fraction of sp³-hybridized carbons (Fsp3) is 0. The lowest BCUT2D eigenvalue weighted by molar-refractivity contribution is 1.10. The Balaban J connectivity index is 1.69. The monoisotopic (exact) mass is 388 g/mol. The Labute approximate surface area is 165 Å². The van der Waals surface area contributed by atoms with Crippen molar-refractivity contribution < 1.29 is 0 Å². The number of nitrogens with zero attached hydrogens (tertiary/aromatic N) is 3. The second-order valence-corrected chi connectivity index (χ2v) is 7.08. The molecule has 27 heavy (non-hydrogen) atoms. The number of nitriles is 1. The van der Waals surface area contributed by atoms with Crippen LogP contribution in [0.3, 0.4) is 0 Å². The molecule has 0 spiro atoms. The highest BCUT2D eigenvalue weighted by molar-refractivity contribution is 7.11. The summed E-state index contributed by atoms with van der Waals surface area (Å²) in [4.78, 5) is 4.62. The van der Waals surface area contributed by atoms with Crippen LogP contribution in [-0.4, -0.2) is 15.2 Å². The van der Waals surface area contributed by atoms with Gasteiger partial charge in [-0.15, -0.1) is 11.3 Å². The zero-order valence-electron chi connectivity index (χ0n) is 14.1. The van der Waals surface area contributed by atoms with Crippen molar-refractivity contribution in [2.45, 2.75) is 0 Å². The zero-order valence-corrected chi connectivity index (χ0v) is 15.6. The second-order valence-electron chi connectivity index (χ2n) is 5.78. The van der Waals surface area contributed by atoms with Gasteiger partial charge in [0.2, 0.25) is 0 Å². The molecule has 0 unspecified atom stereocenters. The average Bonchev–Trinajstić information content (AvgIpc) is 3.37. The highest BCUT2D eigenvalue weighted by Gasteiger charge is 2.12. The smallest absolute Gasteiger partial charge is 0.134 e. The Morgan fingerprint density at radius 2 is 1.85 bits per heavy atom. The molecule has 4 nitrogen and oxygen atoms in total. The lowest BCUT2D eigenvalue weighted by atomic mass is 10.1. The van der Waals surface area contributed by atoms with Crippen LogP contribution >= 0.6 is 22.9 Å². The number of aromatic amines is 1. The second kappa shape index (κ2) is 7.58. The van der Waals surface area contributed by atoms with Crippen LogP contribution in [0.1, 0.15) is 10.6 Å². The van der Waals surface area contributed by atoms with E-state index >= 15 is 0 Å². The highest BCUT2D eigenvalue weighted by Crippen LogP contribution is 2.29. The summed E-state index contributed by atoms with van der Waals surface area (Å²) in [5.74, 6) is 0. The molecule has 0 saturated heterocycles. The molecule has 0 radical (unpaired) electrons. The largest absolute Gasteiger partial charge is 0.277 e. The van der Waals surface area contributed by atoms with E-state index in [1.807, 2.05) is 66.1 Å². The number of aromatic nitrogens is 3. The number of nitrogens with one attached hydrogen (secondary N) is 1. The summed E-state index contributed by atoms with van der Waals surface area (Å²) in [6, 6.07) is 19.6. The molecule has 1 N–H and O–H groups in total. The van der Waals surface area contributed by atoms with Crippen molar-refractivity contribution in [2.24, 2.45) is 0 Å². The number of halogens is 1. The number of H-pyrrole nitrogens is 1. The third-order valence-electron chi connectivity index (χ3n) is 4.03. The van der Waals surface area contributed by atoms with Crippen molar-refractivity contribution in [3.05, 3.63) is 81.8 Å². The van der Waals surface area contributed by atoms with Gasteiger partial charge >= 0.3 is 0 Å². The number of hydrogen-bond donors (Lipinski definition) is 1. The van der Waals surface area contributed by atoms with E-state index in [9.17, 15) is 5.26 Å². The van der Waals surface area contributed by atoms with Crippen LogP contribution in [0.5, 0.6) is 0 Å². The minimum atomic E-state index is 0.499. The van der Waals surface area contributed by atoms with Gasteiger partial charge in [0, 0.05) is 27.1 Å². The van der Waals surface area contributed by atoms with E-state index in [0.29, 0.717) is 15.6 Å². The molecule has 2 aromatic carbocycles. The van der Waals surface area contributed by atoms with Gasteiger partial charge < -0.3 is 0 Å². The molecule has 0 aliphatic heterocycles. The van der Waals surface area contributed by atoms with E-state index in [2.05, 4.69) is 21.3 Å². The Kier molecular flexibility index (Phi) is 4.84. The first-order chi connectivity index (χ1) is 13.2. The molecule has 2 heterocycles. The van der Waals surface area contributed by atoms with E-state index < -0.39 is 0 Å². The van der Waals surface area contributed by atoms with Crippen molar-refractivity contribution in [3.8, 4) is 28.6 Å². The fourth-order valence-corrected chi connectivity index (χ4v) is 3.61. The highest BCUT2D eigenvalue weighted by atomic mass is 35.5. The van der Waals surface area contributed by atoms with Gasteiger partial charge in [0.1, 0.15) is 11.1 Å². The summed E-state index contributed by atoms with van der Waals surface area (Å²) in [7, 11) is 0. The van der Waals surface area contributed by atoms with Crippen LogP contribution in [0.15, 0.2) is 66.2 Å². The molecule has 4 rings (SSSR count). The normalized spacial score (nSPS) is 11.3. The van der Waals surface area contributed by atoms with Crippen molar-refractivity contribution in [3.63, 3.8) is 0 Å². The van der Waals surface area contributed by atoms with Crippen molar-refractivity contribution >= 4 is 34.6 Å². The number of hydrogen-bond acceptors (Lipinski definition) is 4. The van der Waals surface area contributed by atoms with Gasteiger partial charge in [0.25, 0.3) is 0 Å². The van der Waals surface area contributed by atoms with Crippen LogP contribution in [0, 0.1) is 11.3 Å². The molecule has 4 aromatic rings. The van der Waals surface area contributed by atoms with Crippen LogP contribution in [0.4, 0.5) is 0 Å². The molecule has 0 amide bonds. The third-order valence-corrected chi connectivity index (χ3v) is 5.15. The Hall–Kier alpha value is -3.20. The first-order valence-electron chi connectivity index (χ1n) is 8.17. The maximum absolute atomic E-state index is 9.66. The van der Waals surface area contributed by atoms with Gasteiger partial charge in [0.05, 0.1) is 23.2 Å². The summed E-state index contributed by atoms with van der Waals surface area (Å²) in [5, 5.41) is 20.1. The molecule has 0 bridgehead atoms. The van der Waals surface area contributed by atoms with E-state index in [1.54, 1.807) is 6.20 Å². The van der Waals surface area contributed by atoms with E-state index in [0.717, 1.165) is 28.1 Å². The van der Waals surface area contributed by atoms with Gasteiger partial charge in [-0.3, -0.25) is 5.10 Å². The molecule has 2 aromatic heterocycles. The predicted molar refractivity (Wildman–Crippen MR) is 110 cm³/mol. The van der Waals surface area contributed by atoms with Gasteiger partial charge in [-0.05, 0) is 18.2 Å². The van der Waals surface area contributed by atoms with Gasteiger partial charge in [-0.1, -0.05) is 54.1 Å². The number of benzene rings is 2. The molecule has 0 aliphatic rings. The molecule has 6 heteroatoms. The van der Waals surface area contributed by atoms with E-state index in [4.69, 9.17) is 11.6 Å². The van der Waals surface area contributed by atoms with Crippen molar-refractivity contribution in [1.29, 1.82) is 5.26 Å². The minimum Gasteiger partial charge on any atom is -0.277 e. The summed E-state index contributed by atoms with van der Waals surface area (Å²) in [5.41, 5.74) is 5.02. The molecule has 130 valence electrons. The van der Waals surface area contributed by atoms with Crippen molar-refractivity contribution in [1.82, 2.24) is 15.2 Å². The topological polar surface area (TPSA) is 65.4 Å². The fourth-order valence-electron chi connectivity index (χ4n) is 2.69. The SMILES string of the molecule is N#C/C(=C\c1cn[nH]c1-c1ccccc1)c1nc(-c2ccc(Cl)cc2)cs1. The molecule has 0 atom stereocenters.